The molecule has 3 heterocycles. The van der Waals surface area contributed by atoms with E-state index in [1.54, 1.807) is 11.0 Å². The second kappa shape index (κ2) is 11.5. The molecule has 0 amide bonds. The zero-order valence-corrected chi connectivity index (χ0v) is 21.4. The third-order valence-electron chi connectivity index (χ3n) is 6.19. The van der Waals surface area contributed by atoms with Crippen LogP contribution in [0.25, 0.3) is 11.4 Å². The summed E-state index contributed by atoms with van der Waals surface area (Å²) in [7, 11) is 0. The van der Waals surface area contributed by atoms with Crippen molar-refractivity contribution in [3.63, 3.8) is 0 Å². The second-order valence-corrected chi connectivity index (χ2v) is 9.07. The Labute approximate surface area is 218 Å². The van der Waals surface area contributed by atoms with Gasteiger partial charge in [0, 0.05) is 51.0 Å². The predicted molar refractivity (Wildman–Crippen MR) is 137 cm³/mol. The number of halogens is 5. The standard InChI is InChI=1S/C25H28ClF4N7/c1-3-5-11-35(4-2)23-32-21(17-8-9-20(27)19(26)16-17)33-24(34-23)37-14-12-36(13-15-37)22-18(25(28,29)30)7-6-10-31-22/h6-10,16H,3-5,11-15H2,1-2H3. The molecule has 7 nitrogen and oxygen atoms in total. The number of benzene rings is 1. The van der Waals surface area contributed by atoms with Crippen molar-refractivity contribution in [2.45, 2.75) is 32.9 Å². The van der Waals surface area contributed by atoms with E-state index < -0.39 is 17.6 Å². The number of unbranched alkanes of at least 4 members (excludes halogenated alkanes) is 1. The molecule has 0 atom stereocenters. The summed E-state index contributed by atoms with van der Waals surface area (Å²) in [5.41, 5.74) is -0.208. The molecule has 37 heavy (non-hydrogen) atoms. The van der Waals surface area contributed by atoms with Crippen molar-refractivity contribution in [2.24, 2.45) is 0 Å². The van der Waals surface area contributed by atoms with Crippen molar-refractivity contribution >= 4 is 29.3 Å². The van der Waals surface area contributed by atoms with Crippen LogP contribution in [0.3, 0.4) is 0 Å². The van der Waals surface area contributed by atoms with Crippen LogP contribution in [0.5, 0.6) is 0 Å². The first-order valence-electron chi connectivity index (χ1n) is 12.2. The quantitative estimate of drug-likeness (QED) is 0.342. The summed E-state index contributed by atoms with van der Waals surface area (Å²) >= 11 is 6.01. The highest BCUT2D eigenvalue weighted by Gasteiger charge is 2.36. The molecular weight excluding hydrogens is 510 g/mol. The van der Waals surface area contributed by atoms with Crippen LogP contribution in [0.2, 0.25) is 5.02 Å². The van der Waals surface area contributed by atoms with Crippen molar-refractivity contribution in [2.75, 3.05) is 54.0 Å². The summed E-state index contributed by atoms with van der Waals surface area (Å²) in [6.07, 6.45) is -1.16. The number of alkyl halides is 3. The Balaban J connectivity index is 1.63. The number of hydrogen-bond donors (Lipinski definition) is 0. The van der Waals surface area contributed by atoms with Gasteiger partial charge in [0.25, 0.3) is 0 Å². The number of hydrogen-bond acceptors (Lipinski definition) is 7. The molecule has 0 bridgehead atoms. The fourth-order valence-electron chi connectivity index (χ4n) is 4.14. The first-order valence-corrected chi connectivity index (χ1v) is 12.6. The Kier molecular flexibility index (Phi) is 8.31. The number of pyridine rings is 1. The average Bonchev–Trinajstić information content (AvgIpc) is 2.90. The molecule has 0 radical (unpaired) electrons. The van der Waals surface area contributed by atoms with Gasteiger partial charge in [-0.15, -0.1) is 0 Å². The minimum absolute atomic E-state index is 0.0382. The van der Waals surface area contributed by atoms with Crippen LogP contribution in [0.4, 0.5) is 35.3 Å². The van der Waals surface area contributed by atoms with Gasteiger partial charge in [0.05, 0.1) is 10.6 Å². The van der Waals surface area contributed by atoms with Gasteiger partial charge < -0.3 is 14.7 Å². The first-order chi connectivity index (χ1) is 17.7. The highest BCUT2D eigenvalue weighted by molar-refractivity contribution is 6.31. The maximum atomic E-state index is 13.8. The maximum absolute atomic E-state index is 13.8. The highest BCUT2D eigenvalue weighted by atomic mass is 35.5. The summed E-state index contributed by atoms with van der Waals surface area (Å²) in [4.78, 5) is 23.6. The molecular formula is C25H28ClF4N7. The van der Waals surface area contributed by atoms with Gasteiger partial charge in [-0.05, 0) is 43.7 Å². The summed E-state index contributed by atoms with van der Waals surface area (Å²) in [5.74, 6) is 0.629. The monoisotopic (exact) mass is 537 g/mol. The van der Waals surface area contributed by atoms with Gasteiger partial charge in [-0.1, -0.05) is 24.9 Å². The number of piperazine rings is 1. The molecule has 4 rings (SSSR count). The van der Waals surface area contributed by atoms with Crippen molar-refractivity contribution in [1.82, 2.24) is 19.9 Å². The maximum Gasteiger partial charge on any atom is 0.419 e. The van der Waals surface area contributed by atoms with Crippen LogP contribution >= 0.6 is 11.6 Å². The van der Waals surface area contributed by atoms with Gasteiger partial charge in [-0.2, -0.15) is 28.1 Å². The third kappa shape index (κ3) is 6.20. The number of anilines is 3. The summed E-state index contributed by atoms with van der Waals surface area (Å²) < 4.78 is 54.3. The van der Waals surface area contributed by atoms with Crippen LogP contribution in [0.15, 0.2) is 36.5 Å². The number of rotatable bonds is 8. The fourth-order valence-corrected chi connectivity index (χ4v) is 4.32. The van der Waals surface area contributed by atoms with Gasteiger partial charge in [0.1, 0.15) is 11.6 Å². The van der Waals surface area contributed by atoms with Crippen LogP contribution in [0.1, 0.15) is 32.3 Å². The molecule has 0 N–H and O–H groups in total. The van der Waals surface area contributed by atoms with E-state index in [-0.39, 0.29) is 10.8 Å². The average molecular weight is 538 g/mol. The molecule has 0 aliphatic carbocycles. The minimum Gasteiger partial charge on any atom is -0.353 e. The van der Waals surface area contributed by atoms with E-state index >= 15 is 0 Å². The lowest BCUT2D eigenvalue weighted by molar-refractivity contribution is -0.137. The van der Waals surface area contributed by atoms with Gasteiger partial charge >= 0.3 is 6.18 Å². The molecule has 12 heteroatoms. The molecule has 1 aromatic carbocycles. The Hall–Kier alpha value is -3.21. The Bertz CT molecular complexity index is 1220. The van der Waals surface area contributed by atoms with E-state index in [0.29, 0.717) is 56.0 Å². The van der Waals surface area contributed by atoms with Crippen LogP contribution in [0, 0.1) is 5.82 Å². The lowest BCUT2D eigenvalue weighted by Crippen LogP contribution is -2.48. The van der Waals surface area contributed by atoms with E-state index in [1.165, 1.54) is 24.4 Å². The Morgan fingerprint density at radius 2 is 1.73 bits per heavy atom. The highest BCUT2D eigenvalue weighted by Crippen LogP contribution is 2.35. The number of aromatic nitrogens is 4. The van der Waals surface area contributed by atoms with Crippen molar-refractivity contribution in [3.05, 3.63) is 52.9 Å². The van der Waals surface area contributed by atoms with Gasteiger partial charge in [-0.25, -0.2) is 9.37 Å². The molecule has 1 aliphatic rings. The molecule has 1 saturated heterocycles. The summed E-state index contributed by atoms with van der Waals surface area (Å²) in [6, 6.07) is 6.63. The SMILES string of the molecule is CCCCN(CC)c1nc(-c2ccc(F)c(Cl)c2)nc(N2CCN(c3ncccc3C(F)(F)F)CC2)n1. The zero-order valence-electron chi connectivity index (χ0n) is 20.6. The predicted octanol–water partition coefficient (Wildman–Crippen LogP) is 5.70. The molecule has 1 aliphatic heterocycles. The molecule has 198 valence electrons. The molecule has 3 aromatic rings. The van der Waals surface area contributed by atoms with Gasteiger partial charge in [0.2, 0.25) is 11.9 Å². The van der Waals surface area contributed by atoms with Crippen LogP contribution in [-0.4, -0.2) is 59.2 Å². The lowest BCUT2D eigenvalue weighted by Gasteiger charge is -2.36. The Morgan fingerprint density at radius 3 is 2.38 bits per heavy atom. The minimum atomic E-state index is -4.49. The van der Waals surface area contributed by atoms with Crippen LogP contribution < -0.4 is 14.7 Å². The van der Waals surface area contributed by atoms with Gasteiger partial charge in [-0.3, -0.25) is 0 Å². The van der Waals surface area contributed by atoms with E-state index in [0.717, 1.165) is 25.5 Å². The topological polar surface area (TPSA) is 61.3 Å². The molecule has 0 saturated carbocycles. The normalized spacial score (nSPS) is 14.2. The lowest BCUT2D eigenvalue weighted by atomic mass is 10.2. The van der Waals surface area contributed by atoms with Crippen molar-refractivity contribution < 1.29 is 17.6 Å². The molecule has 2 aromatic heterocycles. The fraction of sp³-hybridized carbons (Fsp3) is 0.440. The number of nitrogens with zero attached hydrogens (tertiary/aromatic N) is 7. The molecule has 0 spiro atoms. The first kappa shape index (κ1) is 26.8. The van der Waals surface area contributed by atoms with E-state index in [4.69, 9.17) is 16.6 Å². The van der Waals surface area contributed by atoms with Crippen molar-refractivity contribution in [1.29, 1.82) is 0 Å². The zero-order chi connectivity index (χ0) is 26.6. The van der Waals surface area contributed by atoms with E-state index in [9.17, 15) is 17.6 Å². The van der Waals surface area contributed by atoms with Crippen molar-refractivity contribution in [3.8, 4) is 11.4 Å². The third-order valence-corrected chi connectivity index (χ3v) is 6.48. The summed E-state index contributed by atoms with van der Waals surface area (Å²) in [5, 5.41) is -0.0382. The molecule has 0 unspecified atom stereocenters. The molecule has 1 fully saturated rings. The Morgan fingerprint density at radius 1 is 1.00 bits per heavy atom. The van der Waals surface area contributed by atoms with Gasteiger partial charge in [0.15, 0.2) is 5.82 Å². The smallest absolute Gasteiger partial charge is 0.353 e. The van der Waals surface area contributed by atoms with Crippen LogP contribution in [-0.2, 0) is 6.18 Å². The second-order valence-electron chi connectivity index (χ2n) is 8.67. The van der Waals surface area contributed by atoms with E-state index in [2.05, 4.69) is 21.9 Å². The largest absolute Gasteiger partial charge is 0.419 e. The van der Waals surface area contributed by atoms with E-state index in [1.807, 2.05) is 16.7 Å². The summed E-state index contributed by atoms with van der Waals surface area (Å²) in [6.45, 7) is 6.96.